The highest BCUT2D eigenvalue weighted by Gasteiger charge is 2.33. The van der Waals surface area contributed by atoms with E-state index in [-0.39, 0.29) is 11.4 Å². The van der Waals surface area contributed by atoms with Gasteiger partial charge < -0.3 is 5.32 Å². The number of halogens is 3. The minimum atomic E-state index is -4.55. The van der Waals surface area contributed by atoms with Gasteiger partial charge in [0, 0.05) is 0 Å². The SMILES string of the molecule is O=C(CSc1ncnc2c1cnn2-c1ccccc1)Nc1ccccc1C(F)(F)F. The number of amides is 1. The molecule has 0 atom stereocenters. The van der Waals surface area contributed by atoms with Gasteiger partial charge in [-0.15, -0.1) is 0 Å². The maximum atomic E-state index is 13.1. The number of carbonyl (C=O) groups excluding carboxylic acids is 1. The number of anilines is 1. The van der Waals surface area contributed by atoms with E-state index >= 15 is 0 Å². The summed E-state index contributed by atoms with van der Waals surface area (Å²) in [6.45, 7) is 0. The molecule has 10 heteroatoms. The Morgan fingerprint density at radius 2 is 1.77 bits per heavy atom. The Bertz CT molecular complexity index is 1190. The molecule has 0 aliphatic rings. The van der Waals surface area contributed by atoms with Gasteiger partial charge in [-0.3, -0.25) is 4.79 Å². The Labute approximate surface area is 173 Å². The van der Waals surface area contributed by atoms with E-state index in [0.717, 1.165) is 23.5 Å². The summed E-state index contributed by atoms with van der Waals surface area (Å²) in [6, 6.07) is 14.3. The number of aromatic nitrogens is 4. The molecule has 2 aromatic heterocycles. The molecule has 0 radical (unpaired) electrons. The molecule has 0 fully saturated rings. The van der Waals surface area contributed by atoms with Crippen LogP contribution in [0.3, 0.4) is 0 Å². The van der Waals surface area contributed by atoms with Crippen molar-refractivity contribution in [1.29, 1.82) is 0 Å². The van der Waals surface area contributed by atoms with Crippen molar-refractivity contribution in [1.82, 2.24) is 19.7 Å². The largest absolute Gasteiger partial charge is 0.418 e. The number of thioether (sulfide) groups is 1. The number of hydrogen-bond donors (Lipinski definition) is 1. The van der Waals surface area contributed by atoms with Crippen LogP contribution in [0.2, 0.25) is 0 Å². The molecular formula is C20H14F3N5OS. The maximum absolute atomic E-state index is 13.1. The van der Waals surface area contributed by atoms with Gasteiger partial charge in [-0.05, 0) is 24.3 Å². The highest BCUT2D eigenvalue weighted by atomic mass is 32.2. The van der Waals surface area contributed by atoms with Crippen LogP contribution in [0.4, 0.5) is 18.9 Å². The predicted octanol–water partition coefficient (Wildman–Crippen LogP) is 4.57. The quantitative estimate of drug-likeness (QED) is 0.372. The lowest BCUT2D eigenvalue weighted by Gasteiger charge is -2.13. The van der Waals surface area contributed by atoms with Gasteiger partial charge in [0.15, 0.2) is 5.65 Å². The molecule has 0 unspecified atom stereocenters. The number of para-hydroxylation sites is 2. The lowest BCUT2D eigenvalue weighted by Crippen LogP contribution is -2.18. The third-order valence-electron chi connectivity index (χ3n) is 4.18. The molecule has 152 valence electrons. The van der Waals surface area contributed by atoms with Crippen LogP contribution in [0.1, 0.15) is 5.56 Å². The van der Waals surface area contributed by atoms with Crippen LogP contribution in [0.5, 0.6) is 0 Å². The summed E-state index contributed by atoms with van der Waals surface area (Å²) in [5.74, 6) is -0.687. The van der Waals surface area contributed by atoms with E-state index in [0.29, 0.717) is 16.1 Å². The van der Waals surface area contributed by atoms with Crippen molar-refractivity contribution in [3.05, 3.63) is 72.7 Å². The fourth-order valence-corrected chi connectivity index (χ4v) is 3.62. The van der Waals surface area contributed by atoms with Gasteiger partial charge in [-0.2, -0.15) is 18.3 Å². The topological polar surface area (TPSA) is 72.7 Å². The second-order valence-electron chi connectivity index (χ2n) is 6.19. The fraction of sp³-hybridized carbons (Fsp3) is 0.100. The zero-order valence-corrected chi connectivity index (χ0v) is 16.1. The summed E-state index contributed by atoms with van der Waals surface area (Å²) in [7, 11) is 0. The zero-order valence-electron chi connectivity index (χ0n) is 15.3. The first-order valence-corrected chi connectivity index (χ1v) is 9.75. The average Bonchev–Trinajstić information content (AvgIpc) is 3.17. The van der Waals surface area contributed by atoms with Crippen LogP contribution in [0, 0.1) is 0 Å². The maximum Gasteiger partial charge on any atom is 0.418 e. The first-order chi connectivity index (χ1) is 14.4. The molecule has 6 nitrogen and oxygen atoms in total. The number of alkyl halides is 3. The first kappa shape index (κ1) is 19.9. The summed E-state index contributed by atoms with van der Waals surface area (Å²) < 4.78 is 40.9. The van der Waals surface area contributed by atoms with E-state index in [1.165, 1.54) is 24.5 Å². The van der Waals surface area contributed by atoms with Crippen molar-refractivity contribution in [3.63, 3.8) is 0 Å². The van der Waals surface area contributed by atoms with E-state index in [1.54, 1.807) is 10.9 Å². The molecule has 1 N–H and O–H groups in total. The molecule has 30 heavy (non-hydrogen) atoms. The van der Waals surface area contributed by atoms with E-state index in [2.05, 4.69) is 20.4 Å². The van der Waals surface area contributed by atoms with Gasteiger partial charge in [-0.1, -0.05) is 42.1 Å². The minimum Gasteiger partial charge on any atom is -0.325 e. The highest BCUT2D eigenvalue weighted by Crippen LogP contribution is 2.34. The van der Waals surface area contributed by atoms with Crippen LogP contribution in [0.25, 0.3) is 16.7 Å². The van der Waals surface area contributed by atoms with Crippen molar-refractivity contribution in [2.45, 2.75) is 11.2 Å². The standard InChI is InChI=1S/C20H14F3N5OS/c21-20(22,23)15-8-4-5-9-16(15)27-17(29)11-30-19-14-10-26-28(18(14)24-12-25-19)13-6-2-1-3-7-13/h1-10,12H,11H2,(H,27,29). The normalized spacial score (nSPS) is 11.6. The third-order valence-corrected chi connectivity index (χ3v) is 5.18. The van der Waals surface area contributed by atoms with Gasteiger partial charge in [0.1, 0.15) is 11.4 Å². The van der Waals surface area contributed by atoms with Crippen molar-refractivity contribution in [3.8, 4) is 5.69 Å². The molecular weight excluding hydrogens is 415 g/mol. The van der Waals surface area contributed by atoms with Gasteiger partial charge >= 0.3 is 6.18 Å². The number of fused-ring (bicyclic) bond motifs is 1. The van der Waals surface area contributed by atoms with Gasteiger partial charge in [0.25, 0.3) is 0 Å². The van der Waals surface area contributed by atoms with Crippen molar-refractivity contribution >= 4 is 34.4 Å². The van der Waals surface area contributed by atoms with Crippen LogP contribution < -0.4 is 5.32 Å². The molecule has 4 aromatic rings. The molecule has 2 heterocycles. The summed E-state index contributed by atoms with van der Waals surface area (Å²) in [5.41, 5.74) is 0.224. The Morgan fingerprint density at radius 3 is 2.53 bits per heavy atom. The van der Waals surface area contributed by atoms with Crippen LogP contribution in [-0.4, -0.2) is 31.4 Å². The summed E-state index contributed by atoms with van der Waals surface area (Å²) in [5, 5.41) is 7.82. The third kappa shape index (κ3) is 4.13. The number of carbonyl (C=O) groups is 1. The fourth-order valence-electron chi connectivity index (χ4n) is 2.86. The average molecular weight is 429 g/mol. The Hall–Kier alpha value is -3.40. The monoisotopic (exact) mass is 429 g/mol. The smallest absolute Gasteiger partial charge is 0.325 e. The summed E-state index contributed by atoms with van der Waals surface area (Å²) >= 11 is 1.10. The second-order valence-corrected chi connectivity index (χ2v) is 7.15. The van der Waals surface area contributed by atoms with E-state index in [4.69, 9.17) is 0 Å². The zero-order chi connectivity index (χ0) is 21.1. The van der Waals surface area contributed by atoms with E-state index in [1.807, 2.05) is 30.3 Å². The molecule has 0 saturated heterocycles. The van der Waals surface area contributed by atoms with E-state index < -0.39 is 17.6 Å². The van der Waals surface area contributed by atoms with Crippen molar-refractivity contribution < 1.29 is 18.0 Å². The molecule has 0 spiro atoms. The number of nitrogens with one attached hydrogen (secondary N) is 1. The van der Waals surface area contributed by atoms with Gasteiger partial charge in [-0.25, -0.2) is 14.6 Å². The Morgan fingerprint density at radius 1 is 1.03 bits per heavy atom. The molecule has 0 bridgehead atoms. The number of hydrogen-bond acceptors (Lipinski definition) is 5. The second kappa shape index (κ2) is 8.15. The summed E-state index contributed by atoms with van der Waals surface area (Å²) in [6.07, 6.45) is -1.59. The molecule has 2 aromatic carbocycles. The molecule has 0 aliphatic carbocycles. The van der Waals surface area contributed by atoms with Crippen molar-refractivity contribution in [2.75, 3.05) is 11.1 Å². The molecule has 1 amide bonds. The number of benzene rings is 2. The number of rotatable bonds is 5. The molecule has 4 rings (SSSR count). The predicted molar refractivity (Wildman–Crippen MR) is 107 cm³/mol. The number of nitrogens with zero attached hydrogens (tertiary/aromatic N) is 4. The molecule has 0 aliphatic heterocycles. The highest BCUT2D eigenvalue weighted by molar-refractivity contribution is 8.00. The van der Waals surface area contributed by atoms with Gasteiger partial charge in [0.05, 0.1) is 34.3 Å². The van der Waals surface area contributed by atoms with Crippen LogP contribution in [-0.2, 0) is 11.0 Å². The van der Waals surface area contributed by atoms with Gasteiger partial charge in [0.2, 0.25) is 5.91 Å². The lowest BCUT2D eigenvalue weighted by atomic mass is 10.1. The van der Waals surface area contributed by atoms with Crippen molar-refractivity contribution in [2.24, 2.45) is 0 Å². The van der Waals surface area contributed by atoms with Crippen LogP contribution >= 0.6 is 11.8 Å². The lowest BCUT2D eigenvalue weighted by molar-refractivity contribution is -0.137. The minimum absolute atomic E-state index is 0.116. The summed E-state index contributed by atoms with van der Waals surface area (Å²) in [4.78, 5) is 20.7. The van der Waals surface area contributed by atoms with E-state index in [9.17, 15) is 18.0 Å². The Balaban J connectivity index is 1.51. The Kier molecular flexibility index (Phi) is 5.40. The molecule has 0 saturated carbocycles. The first-order valence-electron chi connectivity index (χ1n) is 8.76. The van der Waals surface area contributed by atoms with Crippen LogP contribution in [0.15, 0.2) is 72.1 Å².